The minimum Gasteiger partial charge on any atom is -0.489 e. The van der Waals surface area contributed by atoms with Gasteiger partial charge in [-0.2, -0.15) is 0 Å². The predicted molar refractivity (Wildman–Crippen MR) is 125 cm³/mol. The van der Waals surface area contributed by atoms with Gasteiger partial charge in [0.05, 0.1) is 11.4 Å². The van der Waals surface area contributed by atoms with E-state index in [1.54, 1.807) is 24.4 Å². The summed E-state index contributed by atoms with van der Waals surface area (Å²) in [5.74, 6) is 0.698. The summed E-state index contributed by atoms with van der Waals surface area (Å²) in [5.41, 5.74) is 4.02. The van der Waals surface area contributed by atoms with Crippen LogP contribution in [0.2, 0.25) is 0 Å². The van der Waals surface area contributed by atoms with E-state index >= 15 is 0 Å². The average molecular weight is 443 g/mol. The van der Waals surface area contributed by atoms with Crippen LogP contribution in [0.3, 0.4) is 0 Å². The Hall–Kier alpha value is -2.92. The van der Waals surface area contributed by atoms with E-state index in [-0.39, 0.29) is 24.1 Å². The highest BCUT2D eigenvalue weighted by Gasteiger charge is 2.14. The lowest BCUT2D eigenvalue weighted by Gasteiger charge is -2.15. The maximum atomic E-state index is 13.1. The Morgan fingerprint density at radius 2 is 1.87 bits per heavy atom. The summed E-state index contributed by atoms with van der Waals surface area (Å²) in [5, 5.41) is 2.96. The quantitative estimate of drug-likeness (QED) is 0.449. The molecular formula is C25H28ClFN2O2. The summed E-state index contributed by atoms with van der Waals surface area (Å²) in [6.45, 7) is 6.60. The second kappa shape index (κ2) is 11.5. The molecule has 1 heterocycles. The number of carbonyl (C=O) groups is 1. The third-order valence-corrected chi connectivity index (χ3v) is 4.73. The maximum Gasteiger partial charge on any atom is 0.255 e. The van der Waals surface area contributed by atoms with Crippen molar-refractivity contribution in [3.8, 4) is 5.75 Å². The predicted octanol–water partition coefficient (Wildman–Crippen LogP) is 6.23. The largest absolute Gasteiger partial charge is 0.489 e. The van der Waals surface area contributed by atoms with Gasteiger partial charge in [-0.3, -0.25) is 9.78 Å². The van der Waals surface area contributed by atoms with Crippen molar-refractivity contribution >= 4 is 24.0 Å². The Morgan fingerprint density at radius 3 is 2.55 bits per heavy atom. The summed E-state index contributed by atoms with van der Waals surface area (Å²) < 4.78 is 19.1. The summed E-state index contributed by atoms with van der Waals surface area (Å²) in [6.07, 6.45) is 3.25. The van der Waals surface area contributed by atoms with Crippen molar-refractivity contribution in [2.24, 2.45) is 5.92 Å². The zero-order valence-electron chi connectivity index (χ0n) is 18.0. The zero-order valence-corrected chi connectivity index (χ0v) is 18.8. The van der Waals surface area contributed by atoms with E-state index in [2.05, 4.69) is 24.1 Å². The van der Waals surface area contributed by atoms with Gasteiger partial charge in [0.15, 0.2) is 0 Å². The van der Waals surface area contributed by atoms with Gasteiger partial charge in [-0.05, 0) is 72.4 Å². The van der Waals surface area contributed by atoms with Crippen LogP contribution in [0.25, 0.3) is 0 Å². The van der Waals surface area contributed by atoms with E-state index in [0.717, 1.165) is 41.1 Å². The SMILES string of the molecule is CCc1ncccc1NC(=O)c1ccc(OCc2ccc(F)cc2)c(CC(C)C)c1.Cl. The number of hydrogen-bond donors (Lipinski definition) is 1. The Bertz CT molecular complexity index is 1010. The fourth-order valence-electron chi connectivity index (χ4n) is 3.23. The van der Waals surface area contributed by atoms with Crippen molar-refractivity contribution in [2.75, 3.05) is 5.32 Å². The van der Waals surface area contributed by atoms with Gasteiger partial charge < -0.3 is 10.1 Å². The molecule has 6 heteroatoms. The van der Waals surface area contributed by atoms with Crippen LogP contribution in [0.15, 0.2) is 60.8 Å². The van der Waals surface area contributed by atoms with E-state index in [9.17, 15) is 9.18 Å². The second-order valence-corrected chi connectivity index (χ2v) is 7.64. The van der Waals surface area contributed by atoms with E-state index in [0.29, 0.717) is 18.1 Å². The van der Waals surface area contributed by atoms with Crippen molar-refractivity contribution in [1.29, 1.82) is 0 Å². The molecule has 0 unspecified atom stereocenters. The average Bonchev–Trinajstić information content (AvgIpc) is 2.74. The molecule has 0 radical (unpaired) electrons. The molecular weight excluding hydrogens is 415 g/mol. The molecule has 0 saturated carbocycles. The van der Waals surface area contributed by atoms with E-state index in [1.807, 2.05) is 31.2 Å². The van der Waals surface area contributed by atoms with Crippen LogP contribution >= 0.6 is 12.4 Å². The first-order valence-corrected chi connectivity index (χ1v) is 10.2. The summed E-state index contributed by atoms with van der Waals surface area (Å²) >= 11 is 0. The lowest BCUT2D eigenvalue weighted by atomic mass is 9.99. The molecule has 1 amide bonds. The monoisotopic (exact) mass is 442 g/mol. The van der Waals surface area contributed by atoms with Crippen molar-refractivity contribution < 1.29 is 13.9 Å². The number of anilines is 1. The molecule has 4 nitrogen and oxygen atoms in total. The van der Waals surface area contributed by atoms with Crippen LogP contribution in [0.1, 0.15) is 48.0 Å². The third kappa shape index (κ3) is 6.79. The van der Waals surface area contributed by atoms with Crippen LogP contribution in [-0.2, 0) is 19.4 Å². The van der Waals surface area contributed by atoms with Gasteiger partial charge in [-0.25, -0.2) is 4.39 Å². The minimum absolute atomic E-state index is 0. The molecule has 0 bridgehead atoms. The van der Waals surface area contributed by atoms with Crippen LogP contribution in [-0.4, -0.2) is 10.9 Å². The van der Waals surface area contributed by atoms with Gasteiger partial charge in [-0.1, -0.05) is 32.9 Å². The first-order chi connectivity index (χ1) is 14.5. The number of aryl methyl sites for hydroxylation is 1. The third-order valence-electron chi connectivity index (χ3n) is 4.73. The highest BCUT2D eigenvalue weighted by Crippen LogP contribution is 2.25. The number of hydrogen-bond acceptors (Lipinski definition) is 3. The summed E-state index contributed by atoms with van der Waals surface area (Å²) in [6, 6.07) is 15.4. The molecule has 164 valence electrons. The Kier molecular flexibility index (Phi) is 9.01. The highest BCUT2D eigenvalue weighted by atomic mass is 35.5. The molecule has 0 aliphatic rings. The van der Waals surface area contributed by atoms with Gasteiger partial charge >= 0.3 is 0 Å². The number of halogens is 2. The Labute approximate surface area is 189 Å². The van der Waals surface area contributed by atoms with Gasteiger partial charge in [-0.15, -0.1) is 12.4 Å². The normalized spacial score (nSPS) is 10.5. The summed E-state index contributed by atoms with van der Waals surface area (Å²) in [4.78, 5) is 17.1. The molecule has 31 heavy (non-hydrogen) atoms. The summed E-state index contributed by atoms with van der Waals surface area (Å²) in [7, 11) is 0. The minimum atomic E-state index is -0.269. The van der Waals surface area contributed by atoms with Crippen molar-refractivity contribution in [2.45, 2.75) is 40.2 Å². The molecule has 0 spiro atoms. The van der Waals surface area contributed by atoms with Gasteiger partial charge in [0.1, 0.15) is 18.2 Å². The number of benzene rings is 2. The number of rotatable bonds is 8. The number of pyridine rings is 1. The molecule has 0 fully saturated rings. The smallest absolute Gasteiger partial charge is 0.255 e. The Morgan fingerprint density at radius 1 is 1.13 bits per heavy atom. The van der Waals surface area contributed by atoms with Crippen LogP contribution in [0.4, 0.5) is 10.1 Å². The van der Waals surface area contributed by atoms with Crippen molar-refractivity contribution in [3.05, 3.63) is 89.0 Å². The van der Waals surface area contributed by atoms with Crippen LogP contribution in [0, 0.1) is 11.7 Å². The number of nitrogens with one attached hydrogen (secondary N) is 1. The molecule has 0 saturated heterocycles. The molecule has 0 aliphatic carbocycles. The van der Waals surface area contributed by atoms with Gasteiger partial charge in [0.2, 0.25) is 0 Å². The number of ether oxygens (including phenoxy) is 1. The molecule has 3 aromatic rings. The second-order valence-electron chi connectivity index (χ2n) is 7.64. The van der Waals surface area contributed by atoms with Crippen molar-refractivity contribution in [3.63, 3.8) is 0 Å². The number of nitrogens with zero attached hydrogens (tertiary/aromatic N) is 1. The van der Waals surface area contributed by atoms with Gasteiger partial charge in [0.25, 0.3) is 5.91 Å². The molecule has 1 aromatic heterocycles. The standard InChI is InChI=1S/C25H27FN2O2.ClH/c1-4-22-23(6-5-13-27-22)28-25(29)19-9-12-24(20(15-19)14-17(2)3)30-16-18-7-10-21(26)11-8-18;/h5-13,15,17H,4,14,16H2,1-3H3,(H,28,29);1H. The van der Waals surface area contributed by atoms with Crippen LogP contribution < -0.4 is 10.1 Å². The molecule has 3 rings (SSSR count). The molecule has 2 aromatic carbocycles. The lowest BCUT2D eigenvalue weighted by Crippen LogP contribution is -2.14. The number of aromatic nitrogens is 1. The maximum absolute atomic E-state index is 13.1. The van der Waals surface area contributed by atoms with E-state index in [1.165, 1.54) is 12.1 Å². The van der Waals surface area contributed by atoms with Crippen molar-refractivity contribution in [1.82, 2.24) is 4.98 Å². The first kappa shape index (κ1) is 24.4. The van der Waals surface area contributed by atoms with Crippen LogP contribution in [0.5, 0.6) is 5.75 Å². The van der Waals surface area contributed by atoms with E-state index in [4.69, 9.17) is 4.74 Å². The Balaban J connectivity index is 0.00000341. The fraction of sp³-hybridized carbons (Fsp3) is 0.280. The highest BCUT2D eigenvalue weighted by molar-refractivity contribution is 6.04. The molecule has 0 atom stereocenters. The lowest BCUT2D eigenvalue weighted by molar-refractivity contribution is 0.102. The number of amides is 1. The molecule has 0 aliphatic heterocycles. The molecule has 1 N–H and O–H groups in total. The fourth-order valence-corrected chi connectivity index (χ4v) is 3.23. The zero-order chi connectivity index (χ0) is 21.5. The number of carbonyl (C=O) groups excluding carboxylic acids is 1. The van der Waals surface area contributed by atoms with Gasteiger partial charge in [0, 0.05) is 11.8 Å². The topological polar surface area (TPSA) is 51.2 Å². The first-order valence-electron chi connectivity index (χ1n) is 10.2. The van der Waals surface area contributed by atoms with E-state index < -0.39 is 0 Å².